The van der Waals surface area contributed by atoms with Gasteiger partial charge in [0.1, 0.15) is 5.75 Å². The van der Waals surface area contributed by atoms with Crippen LogP contribution in [0.1, 0.15) is 29.3 Å². The first-order valence-electron chi connectivity index (χ1n) is 7.56. The molecule has 0 saturated carbocycles. The number of benzene rings is 2. The Kier molecular flexibility index (Phi) is 4.02. The Morgan fingerprint density at radius 3 is 2.48 bits per heavy atom. The average Bonchev–Trinajstić information content (AvgIpc) is 2.67. The average molecular weight is 310 g/mol. The van der Waals surface area contributed by atoms with Gasteiger partial charge in [-0.3, -0.25) is 14.5 Å². The SMILES string of the molecule is CCC1Oc2ccccc2C(=O)N(Cc2ccc(N)cc2)C1=O. The Morgan fingerprint density at radius 2 is 1.78 bits per heavy atom. The number of carbonyl (C=O) groups is 2. The number of carbonyl (C=O) groups excluding carboxylic acids is 2. The fourth-order valence-corrected chi connectivity index (χ4v) is 2.58. The van der Waals surface area contributed by atoms with Gasteiger partial charge in [-0.05, 0) is 36.2 Å². The van der Waals surface area contributed by atoms with Gasteiger partial charge in [0.15, 0.2) is 6.10 Å². The minimum absolute atomic E-state index is 0.201. The molecule has 3 rings (SSSR count). The lowest BCUT2D eigenvalue weighted by Crippen LogP contribution is -2.42. The Labute approximate surface area is 134 Å². The van der Waals surface area contributed by atoms with Gasteiger partial charge in [-0.1, -0.05) is 31.2 Å². The van der Waals surface area contributed by atoms with Crippen LogP contribution in [-0.2, 0) is 11.3 Å². The zero-order valence-electron chi connectivity index (χ0n) is 12.9. The van der Waals surface area contributed by atoms with Crippen LogP contribution in [0.4, 0.5) is 5.69 Å². The van der Waals surface area contributed by atoms with E-state index in [1.807, 2.05) is 19.1 Å². The second-order valence-corrected chi connectivity index (χ2v) is 5.48. The molecule has 2 aromatic rings. The Balaban J connectivity index is 1.98. The highest BCUT2D eigenvalue weighted by Crippen LogP contribution is 2.27. The number of nitrogen functional groups attached to an aromatic ring is 1. The van der Waals surface area contributed by atoms with E-state index >= 15 is 0 Å². The highest BCUT2D eigenvalue weighted by molar-refractivity contribution is 6.08. The predicted molar refractivity (Wildman–Crippen MR) is 86.9 cm³/mol. The number of fused-ring (bicyclic) bond motifs is 1. The van der Waals surface area contributed by atoms with Crippen LogP contribution in [0.3, 0.4) is 0 Å². The molecule has 5 nitrogen and oxygen atoms in total. The van der Waals surface area contributed by atoms with Crippen LogP contribution in [-0.4, -0.2) is 22.8 Å². The molecule has 0 aliphatic carbocycles. The molecule has 0 saturated heterocycles. The summed E-state index contributed by atoms with van der Waals surface area (Å²) < 4.78 is 5.74. The molecule has 2 aromatic carbocycles. The van der Waals surface area contributed by atoms with Gasteiger partial charge in [-0.2, -0.15) is 0 Å². The van der Waals surface area contributed by atoms with E-state index in [2.05, 4.69) is 0 Å². The number of anilines is 1. The minimum atomic E-state index is -0.656. The van der Waals surface area contributed by atoms with Crippen LogP contribution < -0.4 is 10.5 Å². The first-order valence-corrected chi connectivity index (χ1v) is 7.56. The fraction of sp³-hybridized carbons (Fsp3) is 0.222. The Morgan fingerprint density at radius 1 is 1.09 bits per heavy atom. The fourth-order valence-electron chi connectivity index (χ4n) is 2.58. The Bertz CT molecular complexity index is 740. The van der Waals surface area contributed by atoms with E-state index in [0.29, 0.717) is 23.4 Å². The third kappa shape index (κ3) is 2.90. The summed E-state index contributed by atoms with van der Waals surface area (Å²) >= 11 is 0. The van der Waals surface area contributed by atoms with Crippen molar-refractivity contribution in [2.24, 2.45) is 0 Å². The van der Waals surface area contributed by atoms with Crippen molar-refractivity contribution in [1.82, 2.24) is 4.90 Å². The summed E-state index contributed by atoms with van der Waals surface area (Å²) in [5, 5.41) is 0. The lowest BCUT2D eigenvalue weighted by Gasteiger charge is -2.21. The van der Waals surface area contributed by atoms with Crippen LogP contribution in [0.2, 0.25) is 0 Å². The van der Waals surface area contributed by atoms with E-state index in [9.17, 15) is 9.59 Å². The van der Waals surface area contributed by atoms with Crippen LogP contribution in [0.15, 0.2) is 48.5 Å². The maximum Gasteiger partial charge on any atom is 0.270 e. The molecule has 0 aromatic heterocycles. The highest BCUT2D eigenvalue weighted by atomic mass is 16.5. The first-order chi connectivity index (χ1) is 11.1. The second kappa shape index (κ2) is 6.12. The lowest BCUT2D eigenvalue weighted by molar-refractivity contribution is -0.136. The van der Waals surface area contributed by atoms with Crippen molar-refractivity contribution in [2.75, 3.05) is 5.73 Å². The molecular weight excluding hydrogens is 292 g/mol. The second-order valence-electron chi connectivity index (χ2n) is 5.48. The molecule has 0 bridgehead atoms. The number of amides is 2. The summed E-state index contributed by atoms with van der Waals surface area (Å²) in [6.07, 6.45) is -0.157. The number of nitrogens with zero attached hydrogens (tertiary/aromatic N) is 1. The van der Waals surface area contributed by atoms with Gasteiger partial charge in [0.05, 0.1) is 12.1 Å². The maximum absolute atomic E-state index is 12.8. The summed E-state index contributed by atoms with van der Waals surface area (Å²) in [6, 6.07) is 14.1. The summed E-state index contributed by atoms with van der Waals surface area (Å²) in [7, 11) is 0. The van der Waals surface area contributed by atoms with Crippen molar-refractivity contribution in [3.63, 3.8) is 0 Å². The number of imide groups is 1. The zero-order valence-corrected chi connectivity index (χ0v) is 12.9. The molecule has 1 aliphatic rings. The summed E-state index contributed by atoms with van der Waals surface area (Å²) in [5.41, 5.74) is 7.57. The van der Waals surface area contributed by atoms with Crippen LogP contribution >= 0.6 is 0 Å². The highest BCUT2D eigenvalue weighted by Gasteiger charge is 2.35. The van der Waals surface area contributed by atoms with Gasteiger partial charge < -0.3 is 10.5 Å². The van der Waals surface area contributed by atoms with E-state index in [1.165, 1.54) is 4.90 Å². The standard InChI is InChI=1S/C18H18N2O3/c1-2-15-18(22)20(11-12-7-9-13(19)10-8-12)17(21)14-5-3-4-6-16(14)23-15/h3-10,15H,2,11,19H2,1H3. The number of nitrogens with two attached hydrogens (primary N) is 1. The van der Waals surface area contributed by atoms with Gasteiger partial charge >= 0.3 is 0 Å². The molecule has 1 aliphatic heterocycles. The third-order valence-corrected chi connectivity index (χ3v) is 3.86. The molecule has 118 valence electrons. The molecule has 23 heavy (non-hydrogen) atoms. The predicted octanol–water partition coefficient (Wildman–Crippen LogP) is 2.61. The number of hydrogen-bond donors (Lipinski definition) is 1. The number of para-hydroxylation sites is 1. The molecule has 0 fully saturated rings. The molecular formula is C18H18N2O3. The monoisotopic (exact) mass is 310 g/mol. The molecule has 0 spiro atoms. The Hall–Kier alpha value is -2.82. The van der Waals surface area contributed by atoms with E-state index in [4.69, 9.17) is 10.5 Å². The van der Waals surface area contributed by atoms with Gasteiger partial charge in [-0.25, -0.2) is 0 Å². The number of ether oxygens (including phenoxy) is 1. The molecule has 5 heteroatoms. The zero-order chi connectivity index (χ0) is 16.4. The van der Waals surface area contributed by atoms with Gasteiger partial charge in [-0.15, -0.1) is 0 Å². The van der Waals surface area contributed by atoms with E-state index in [1.54, 1.807) is 36.4 Å². The van der Waals surface area contributed by atoms with Crippen LogP contribution in [0.25, 0.3) is 0 Å². The van der Waals surface area contributed by atoms with Gasteiger partial charge in [0.25, 0.3) is 11.8 Å². The third-order valence-electron chi connectivity index (χ3n) is 3.86. The van der Waals surface area contributed by atoms with Gasteiger partial charge in [0.2, 0.25) is 0 Å². The summed E-state index contributed by atoms with van der Waals surface area (Å²) in [6.45, 7) is 2.06. The van der Waals surface area contributed by atoms with E-state index in [-0.39, 0.29) is 18.4 Å². The molecule has 1 heterocycles. The van der Waals surface area contributed by atoms with Crippen molar-refractivity contribution in [3.8, 4) is 5.75 Å². The van der Waals surface area contributed by atoms with Crippen LogP contribution in [0.5, 0.6) is 5.75 Å². The summed E-state index contributed by atoms with van der Waals surface area (Å²) in [5.74, 6) is -0.193. The minimum Gasteiger partial charge on any atom is -0.480 e. The topological polar surface area (TPSA) is 72.6 Å². The van der Waals surface area contributed by atoms with E-state index in [0.717, 1.165) is 5.56 Å². The van der Waals surface area contributed by atoms with Crippen molar-refractivity contribution in [1.29, 1.82) is 0 Å². The summed E-state index contributed by atoms with van der Waals surface area (Å²) in [4.78, 5) is 26.7. The molecule has 1 unspecified atom stereocenters. The molecule has 0 radical (unpaired) electrons. The van der Waals surface area contributed by atoms with Gasteiger partial charge in [0, 0.05) is 5.69 Å². The molecule has 1 atom stereocenters. The van der Waals surface area contributed by atoms with Crippen molar-refractivity contribution in [3.05, 3.63) is 59.7 Å². The lowest BCUT2D eigenvalue weighted by atomic mass is 10.1. The quantitative estimate of drug-likeness (QED) is 0.698. The smallest absolute Gasteiger partial charge is 0.270 e. The van der Waals surface area contributed by atoms with Crippen LogP contribution in [0, 0.1) is 0 Å². The van der Waals surface area contributed by atoms with Crippen molar-refractivity contribution < 1.29 is 14.3 Å². The number of rotatable bonds is 3. The van der Waals surface area contributed by atoms with Crippen molar-refractivity contribution >= 4 is 17.5 Å². The molecule has 2 amide bonds. The van der Waals surface area contributed by atoms with E-state index < -0.39 is 6.10 Å². The van der Waals surface area contributed by atoms with Crippen molar-refractivity contribution in [2.45, 2.75) is 26.0 Å². The maximum atomic E-state index is 12.8. The normalized spacial score (nSPS) is 17.4. The number of hydrogen-bond acceptors (Lipinski definition) is 4. The first kappa shape index (κ1) is 15.1. The largest absolute Gasteiger partial charge is 0.480 e. The molecule has 2 N–H and O–H groups in total.